The molecule has 3 N–H and O–H groups in total. The number of hydrogen-bond donors (Lipinski definition) is 3. The molecule has 4 rings (SSSR count). The molecule has 1 amide bonds. The van der Waals surface area contributed by atoms with E-state index in [0.717, 1.165) is 21.9 Å². The molecule has 21 heavy (non-hydrogen) atoms. The third-order valence-electron chi connectivity index (χ3n) is 3.73. The predicted molar refractivity (Wildman–Crippen MR) is 77.9 cm³/mol. The zero-order valence-electron chi connectivity index (χ0n) is 11.1. The number of aromatic amines is 1. The van der Waals surface area contributed by atoms with E-state index in [1.165, 1.54) is 11.3 Å². The number of thiophene rings is 1. The maximum absolute atomic E-state index is 12.4. The fraction of sp³-hybridized carbons (Fsp3) is 0.385. The molecule has 8 heteroatoms. The molecule has 2 aromatic rings. The molecule has 0 aliphatic carbocycles. The van der Waals surface area contributed by atoms with Gasteiger partial charge >= 0.3 is 0 Å². The van der Waals surface area contributed by atoms with Gasteiger partial charge < -0.3 is 20.1 Å². The Balaban J connectivity index is 1.87. The molecule has 0 fully saturated rings. The molecule has 0 saturated carbocycles. The van der Waals surface area contributed by atoms with E-state index in [9.17, 15) is 9.90 Å². The van der Waals surface area contributed by atoms with Crippen LogP contribution in [0, 0.1) is 0 Å². The first-order chi connectivity index (χ1) is 10.3. The summed E-state index contributed by atoms with van der Waals surface area (Å²) >= 11 is 1.40. The van der Waals surface area contributed by atoms with E-state index < -0.39 is 0 Å². The molecule has 4 heterocycles. The van der Waals surface area contributed by atoms with Gasteiger partial charge in [-0.3, -0.25) is 9.89 Å². The summed E-state index contributed by atoms with van der Waals surface area (Å²) in [6.45, 7) is 1.81. The Hall–Kier alpha value is -2.06. The summed E-state index contributed by atoms with van der Waals surface area (Å²) in [6, 6.07) is -0.250. The largest absolute Gasteiger partial charge is 0.488 e. The third kappa shape index (κ3) is 1.90. The average molecular weight is 306 g/mol. The van der Waals surface area contributed by atoms with E-state index in [1.54, 1.807) is 12.4 Å². The zero-order valence-corrected chi connectivity index (χ0v) is 11.9. The number of H-pyrrole nitrogens is 1. The van der Waals surface area contributed by atoms with Gasteiger partial charge in [0.1, 0.15) is 17.2 Å². The molecule has 0 radical (unpaired) electrons. The number of anilines is 1. The van der Waals surface area contributed by atoms with Crippen LogP contribution in [0.1, 0.15) is 9.67 Å². The normalized spacial score (nSPS) is 20.5. The molecule has 0 spiro atoms. The van der Waals surface area contributed by atoms with Crippen molar-refractivity contribution in [1.29, 1.82) is 0 Å². The van der Waals surface area contributed by atoms with E-state index in [2.05, 4.69) is 20.4 Å². The Kier molecular flexibility index (Phi) is 2.86. The van der Waals surface area contributed by atoms with Crippen molar-refractivity contribution >= 4 is 22.9 Å². The smallest absolute Gasteiger partial charge is 0.264 e. The van der Waals surface area contributed by atoms with Crippen LogP contribution in [0.5, 0.6) is 5.75 Å². The molecule has 1 atom stereocenters. The van der Waals surface area contributed by atoms with Gasteiger partial charge in [-0.1, -0.05) is 0 Å². The van der Waals surface area contributed by atoms with Crippen LogP contribution in [0.15, 0.2) is 12.4 Å². The Bertz CT molecular complexity index is 682. The van der Waals surface area contributed by atoms with Crippen LogP contribution in [-0.2, 0) is 0 Å². The molecule has 0 bridgehead atoms. The first-order valence-electron chi connectivity index (χ1n) is 6.73. The summed E-state index contributed by atoms with van der Waals surface area (Å²) in [5.74, 6) is 0.592. The number of amides is 1. The number of rotatable bonds is 2. The standard InChI is InChI=1S/C13H14N4O3S/c18-6-8-5-17-1-2-20-10-9(17)12(13(19)16-8)21-11(10)7-3-14-15-4-7/h3-4,8,18H,1-2,5-6H2,(H,14,15)(H,16,19). The number of carbonyl (C=O) groups excluding carboxylic acids is 1. The van der Waals surface area contributed by atoms with Crippen molar-refractivity contribution in [1.82, 2.24) is 15.5 Å². The fourth-order valence-electron chi connectivity index (χ4n) is 2.77. The zero-order chi connectivity index (χ0) is 14.4. The van der Waals surface area contributed by atoms with E-state index in [0.29, 0.717) is 24.6 Å². The highest BCUT2D eigenvalue weighted by Crippen LogP contribution is 2.49. The lowest BCUT2D eigenvalue weighted by Gasteiger charge is -2.30. The van der Waals surface area contributed by atoms with Crippen molar-refractivity contribution in [2.75, 3.05) is 31.2 Å². The fourth-order valence-corrected chi connectivity index (χ4v) is 3.92. The summed E-state index contributed by atoms with van der Waals surface area (Å²) in [6.07, 6.45) is 3.51. The van der Waals surface area contributed by atoms with Gasteiger partial charge in [-0.2, -0.15) is 5.10 Å². The number of aliphatic hydroxyl groups is 1. The Morgan fingerprint density at radius 3 is 3.19 bits per heavy atom. The second-order valence-corrected chi connectivity index (χ2v) is 6.09. The van der Waals surface area contributed by atoms with Crippen LogP contribution in [-0.4, -0.2) is 53.6 Å². The Morgan fingerprint density at radius 2 is 2.43 bits per heavy atom. The van der Waals surface area contributed by atoms with E-state index in [4.69, 9.17) is 4.74 Å². The van der Waals surface area contributed by atoms with Crippen molar-refractivity contribution < 1.29 is 14.6 Å². The summed E-state index contributed by atoms with van der Waals surface area (Å²) < 4.78 is 5.82. The quantitative estimate of drug-likeness (QED) is 0.749. The highest BCUT2D eigenvalue weighted by atomic mass is 32.1. The van der Waals surface area contributed by atoms with Crippen LogP contribution in [0.2, 0.25) is 0 Å². The maximum Gasteiger partial charge on any atom is 0.264 e. The maximum atomic E-state index is 12.4. The van der Waals surface area contributed by atoms with Crippen LogP contribution in [0.3, 0.4) is 0 Å². The molecule has 0 saturated heterocycles. The Morgan fingerprint density at radius 1 is 1.52 bits per heavy atom. The van der Waals surface area contributed by atoms with E-state index >= 15 is 0 Å². The summed E-state index contributed by atoms with van der Waals surface area (Å²) in [5, 5.41) is 19.0. The number of hydrogen-bond acceptors (Lipinski definition) is 6. The van der Waals surface area contributed by atoms with Crippen LogP contribution in [0.25, 0.3) is 10.4 Å². The number of carbonyl (C=O) groups is 1. The molecule has 0 aromatic carbocycles. The lowest BCUT2D eigenvalue weighted by atomic mass is 10.2. The number of nitrogens with zero attached hydrogens (tertiary/aromatic N) is 2. The topological polar surface area (TPSA) is 90.5 Å². The van der Waals surface area contributed by atoms with E-state index in [1.807, 2.05) is 0 Å². The molecule has 7 nitrogen and oxygen atoms in total. The number of nitrogens with one attached hydrogen (secondary N) is 2. The summed E-state index contributed by atoms with van der Waals surface area (Å²) in [7, 11) is 0. The van der Waals surface area contributed by atoms with Crippen molar-refractivity contribution in [2.45, 2.75) is 6.04 Å². The van der Waals surface area contributed by atoms with Gasteiger partial charge in [-0.15, -0.1) is 11.3 Å². The molecular formula is C13H14N4O3S. The monoisotopic (exact) mass is 306 g/mol. The minimum atomic E-state index is -0.250. The van der Waals surface area contributed by atoms with Crippen molar-refractivity contribution in [3.05, 3.63) is 17.3 Å². The van der Waals surface area contributed by atoms with Gasteiger partial charge in [0.2, 0.25) is 0 Å². The molecule has 1 unspecified atom stereocenters. The van der Waals surface area contributed by atoms with Gasteiger partial charge in [0.05, 0.1) is 30.3 Å². The number of aliphatic hydroxyl groups excluding tert-OH is 1. The first kappa shape index (κ1) is 12.7. The number of aromatic nitrogens is 2. The van der Waals surface area contributed by atoms with E-state index in [-0.39, 0.29) is 18.6 Å². The van der Waals surface area contributed by atoms with Crippen LogP contribution in [0.4, 0.5) is 5.69 Å². The highest BCUT2D eigenvalue weighted by Gasteiger charge is 2.35. The van der Waals surface area contributed by atoms with Crippen molar-refractivity contribution in [2.24, 2.45) is 0 Å². The average Bonchev–Trinajstić information content (AvgIpc) is 3.10. The lowest BCUT2D eigenvalue weighted by molar-refractivity contribution is 0.0928. The summed E-state index contributed by atoms with van der Waals surface area (Å²) in [4.78, 5) is 16.0. The van der Waals surface area contributed by atoms with Gasteiger partial charge in [-0.25, -0.2) is 0 Å². The van der Waals surface area contributed by atoms with Gasteiger partial charge in [0, 0.05) is 18.3 Å². The SMILES string of the molecule is O=C1NC(CO)CN2CCOc3c(-c4cn[nH]c4)sc1c32. The Labute approximate surface area is 124 Å². The molecule has 2 aliphatic heterocycles. The van der Waals surface area contributed by atoms with Crippen LogP contribution >= 0.6 is 11.3 Å². The molecule has 2 aliphatic rings. The lowest BCUT2D eigenvalue weighted by Crippen LogP contribution is -2.44. The summed E-state index contributed by atoms with van der Waals surface area (Å²) in [5.41, 5.74) is 1.76. The third-order valence-corrected chi connectivity index (χ3v) is 4.94. The van der Waals surface area contributed by atoms with Gasteiger partial charge in [-0.05, 0) is 0 Å². The highest BCUT2D eigenvalue weighted by molar-refractivity contribution is 7.18. The number of ether oxygens (including phenoxy) is 1. The molecule has 2 aromatic heterocycles. The second kappa shape index (κ2) is 4.74. The first-order valence-corrected chi connectivity index (χ1v) is 7.55. The van der Waals surface area contributed by atoms with Gasteiger partial charge in [0.25, 0.3) is 5.91 Å². The minimum Gasteiger partial charge on any atom is -0.488 e. The second-order valence-electron chi connectivity index (χ2n) is 5.07. The molecular weight excluding hydrogens is 292 g/mol. The minimum absolute atomic E-state index is 0.0675. The van der Waals surface area contributed by atoms with Crippen molar-refractivity contribution in [3.63, 3.8) is 0 Å². The molecule has 110 valence electrons. The van der Waals surface area contributed by atoms with Gasteiger partial charge in [0.15, 0.2) is 5.75 Å². The van der Waals surface area contributed by atoms with Crippen LogP contribution < -0.4 is 15.0 Å². The predicted octanol–water partition coefficient (Wildman–Crippen LogP) is 0.441. The van der Waals surface area contributed by atoms with Crippen molar-refractivity contribution in [3.8, 4) is 16.2 Å².